The van der Waals surface area contributed by atoms with Crippen LogP contribution in [0, 0.1) is 11.7 Å². The molecule has 2 heterocycles. The molecule has 35 heavy (non-hydrogen) atoms. The summed E-state index contributed by atoms with van der Waals surface area (Å²) in [5, 5.41) is 3.03. The predicted octanol–water partition coefficient (Wildman–Crippen LogP) is 4.56. The number of benzene rings is 2. The maximum absolute atomic E-state index is 14.5. The second kappa shape index (κ2) is 11.3. The molecule has 1 spiro atoms. The molecule has 2 fully saturated rings. The molecule has 6 heteroatoms. The highest BCUT2D eigenvalue weighted by molar-refractivity contribution is 6.00. The quantitative estimate of drug-likeness (QED) is 0.537. The van der Waals surface area contributed by atoms with Gasteiger partial charge in [-0.2, -0.15) is 0 Å². The highest BCUT2D eigenvalue weighted by atomic mass is 19.1. The Morgan fingerprint density at radius 1 is 1.00 bits per heavy atom. The van der Waals surface area contributed by atoms with E-state index in [4.69, 9.17) is 0 Å². The Balaban J connectivity index is 1.42. The van der Waals surface area contributed by atoms with Gasteiger partial charge in [0, 0.05) is 25.2 Å². The van der Waals surface area contributed by atoms with Crippen molar-refractivity contribution in [2.45, 2.75) is 70.5 Å². The van der Waals surface area contributed by atoms with Gasteiger partial charge in [0.15, 0.2) is 0 Å². The van der Waals surface area contributed by atoms with Crippen LogP contribution in [-0.4, -0.2) is 52.8 Å². The summed E-state index contributed by atoms with van der Waals surface area (Å²) in [6.07, 6.45) is 5.03. The SMILES string of the molecule is CC(C)C[C@@H]1NC(=O)C2(CCN(CCCCc3ccccc3)CC2)N(Cc2ccccc2F)C1=O. The molecule has 4 rings (SSSR count). The van der Waals surface area contributed by atoms with Crippen molar-refractivity contribution in [1.29, 1.82) is 0 Å². The van der Waals surface area contributed by atoms with E-state index in [0.717, 1.165) is 38.9 Å². The van der Waals surface area contributed by atoms with Crippen molar-refractivity contribution < 1.29 is 14.0 Å². The predicted molar refractivity (Wildman–Crippen MR) is 136 cm³/mol. The first-order valence-corrected chi connectivity index (χ1v) is 13.0. The number of carbonyl (C=O) groups excluding carboxylic acids is 2. The zero-order valence-corrected chi connectivity index (χ0v) is 21.0. The van der Waals surface area contributed by atoms with Crippen molar-refractivity contribution in [3.8, 4) is 0 Å². The zero-order valence-electron chi connectivity index (χ0n) is 21.0. The first-order chi connectivity index (χ1) is 16.9. The van der Waals surface area contributed by atoms with Crippen molar-refractivity contribution in [3.05, 3.63) is 71.5 Å². The molecule has 2 amide bonds. The van der Waals surface area contributed by atoms with E-state index in [1.54, 1.807) is 23.1 Å². The minimum Gasteiger partial charge on any atom is -0.342 e. The fourth-order valence-corrected chi connectivity index (χ4v) is 5.49. The molecular formula is C29H38FN3O2. The number of nitrogens with one attached hydrogen (secondary N) is 1. The molecule has 0 radical (unpaired) electrons. The number of amides is 2. The standard InChI is InChI=1S/C29H38FN3O2/c1-22(2)20-26-27(34)33(21-24-13-6-7-14-25(24)30)29(28(35)31-26)15-18-32(19-16-29)17-9-8-12-23-10-4-3-5-11-23/h3-7,10-11,13-14,22,26H,8-9,12,15-21H2,1-2H3,(H,31,35)/t26-/m0/s1. The van der Waals surface area contributed by atoms with Crippen LogP contribution in [0.15, 0.2) is 54.6 Å². The van der Waals surface area contributed by atoms with Crippen LogP contribution in [0.4, 0.5) is 4.39 Å². The van der Waals surface area contributed by atoms with Gasteiger partial charge in [-0.25, -0.2) is 4.39 Å². The third kappa shape index (κ3) is 5.92. The lowest BCUT2D eigenvalue weighted by Crippen LogP contribution is -2.72. The molecule has 2 aliphatic heterocycles. The van der Waals surface area contributed by atoms with Crippen molar-refractivity contribution >= 4 is 11.8 Å². The fourth-order valence-electron chi connectivity index (χ4n) is 5.49. The van der Waals surface area contributed by atoms with E-state index in [2.05, 4.69) is 34.5 Å². The zero-order chi connectivity index (χ0) is 24.8. The summed E-state index contributed by atoms with van der Waals surface area (Å²) in [4.78, 5) is 31.2. The number of piperidine rings is 1. The van der Waals surface area contributed by atoms with Crippen LogP contribution in [0.5, 0.6) is 0 Å². The first-order valence-electron chi connectivity index (χ1n) is 13.0. The fraction of sp³-hybridized carbons (Fsp3) is 0.517. The van der Waals surface area contributed by atoms with Crippen molar-refractivity contribution in [1.82, 2.24) is 15.1 Å². The van der Waals surface area contributed by atoms with Gasteiger partial charge in [0.25, 0.3) is 0 Å². The van der Waals surface area contributed by atoms with Crippen LogP contribution in [0.1, 0.15) is 57.1 Å². The second-order valence-electron chi connectivity index (χ2n) is 10.5. The van der Waals surface area contributed by atoms with Gasteiger partial charge in [0.1, 0.15) is 17.4 Å². The van der Waals surface area contributed by atoms with E-state index in [1.165, 1.54) is 11.6 Å². The Labute approximate surface area is 208 Å². The lowest BCUT2D eigenvalue weighted by atomic mass is 9.80. The molecule has 0 unspecified atom stereocenters. The van der Waals surface area contributed by atoms with Crippen LogP contribution < -0.4 is 5.32 Å². The molecule has 0 bridgehead atoms. The minimum absolute atomic E-state index is 0.0807. The normalized spacial score (nSPS) is 20.5. The molecule has 2 saturated heterocycles. The van der Waals surface area contributed by atoms with Gasteiger partial charge in [-0.3, -0.25) is 9.59 Å². The van der Waals surface area contributed by atoms with Crippen LogP contribution in [0.3, 0.4) is 0 Å². The summed E-state index contributed by atoms with van der Waals surface area (Å²) in [6, 6.07) is 16.5. The highest BCUT2D eigenvalue weighted by Gasteiger charge is 2.53. The molecule has 2 aromatic rings. The van der Waals surface area contributed by atoms with Gasteiger partial charge >= 0.3 is 0 Å². The molecule has 1 atom stereocenters. The number of likely N-dealkylation sites (tertiary alicyclic amines) is 1. The van der Waals surface area contributed by atoms with Crippen LogP contribution >= 0.6 is 0 Å². The van der Waals surface area contributed by atoms with Crippen LogP contribution in [0.25, 0.3) is 0 Å². The third-order valence-electron chi connectivity index (χ3n) is 7.52. The molecular weight excluding hydrogens is 441 g/mol. The minimum atomic E-state index is -0.909. The van der Waals surface area contributed by atoms with E-state index in [1.807, 2.05) is 19.9 Å². The van der Waals surface area contributed by atoms with Gasteiger partial charge < -0.3 is 15.1 Å². The number of unbranched alkanes of at least 4 members (excludes halogenated alkanes) is 1. The lowest BCUT2D eigenvalue weighted by Gasteiger charge is -2.52. The summed E-state index contributed by atoms with van der Waals surface area (Å²) in [5.41, 5.74) is 0.914. The Kier molecular flexibility index (Phi) is 8.22. The van der Waals surface area contributed by atoms with Gasteiger partial charge in [0.05, 0.1) is 0 Å². The van der Waals surface area contributed by atoms with Gasteiger partial charge in [-0.05, 0) is 62.6 Å². The second-order valence-corrected chi connectivity index (χ2v) is 10.5. The lowest BCUT2D eigenvalue weighted by molar-refractivity contribution is -0.162. The Bertz CT molecular complexity index is 1000. The van der Waals surface area contributed by atoms with E-state index in [0.29, 0.717) is 24.8 Å². The van der Waals surface area contributed by atoms with Gasteiger partial charge in [-0.1, -0.05) is 62.4 Å². The maximum atomic E-state index is 14.5. The van der Waals surface area contributed by atoms with E-state index in [9.17, 15) is 14.0 Å². The molecule has 5 nitrogen and oxygen atoms in total. The van der Waals surface area contributed by atoms with Gasteiger partial charge in [-0.15, -0.1) is 0 Å². The number of aryl methyl sites for hydroxylation is 1. The van der Waals surface area contributed by atoms with Crippen molar-refractivity contribution in [2.75, 3.05) is 19.6 Å². The van der Waals surface area contributed by atoms with Crippen molar-refractivity contribution in [3.63, 3.8) is 0 Å². The first kappa shape index (κ1) is 25.4. The number of hydrogen-bond acceptors (Lipinski definition) is 3. The molecule has 2 aromatic carbocycles. The van der Waals surface area contributed by atoms with Crippen LogP contribution in [0.2, 0.25) is 0 Å². The Morgan fingerprint density at radius 2 is 1.69 bits per heavy atom. The van der Waals surface area contributed by atoms with Crippen LogP contribution in [-0.2, 0) is 22.6 Å². The number of hydrogen-bond donors (Lipinski definition) is 1. The Hall–Kier alpha value is -2.73. The maximum Gasteiger partial charge on any atom is 0.246 e. The Morgan fingerprint density at radius 3 is 2.37 bits per heavy atom. The molecule has 0 aliphatic carbocycles. The average Bonchev–Trinajstić information content (AvgIpc) is 2.85. The van der Waals surface area contributed by atoms with Crippen molar-refractivity contribution in [2.24, 2.45) is 5.92 Å². The molecule has 0 aromatic heterocycles. The molecule has 2 aliphatic rings. The summed E-state index contributed by atoms with van der Waals surface area (Å²) >= 11 is 0. The topological polar surface area (TPSA) is 52.7 Å². The number of carbonyl (C=O) groups is 2. The van der Waals surface area contributed by atoms with E-state index >= 15 is 0 Å². The highest BCUT2D eigenvalue weighted by Crippen LogP contribution is 2.35. The summed E-state index contributed by atoms with van der Waals surface area (Å²) in [5.74, 6) is -0.232. The third-order valence-corrected chi connectivity index (χ3v) is 7.52. The summed E-state index contributed by atoms with van der Waals surface area (Å²) < 4.78 is 14.5. The van der Waals surface area contributed by atoms with E-state index in [-0.39, 0.29) is 30.1 Å². The summed E-state index contributed by atoms with van der Waals surface area (Å²) in [7, 11) is 0. The monoisotopic (exact) mass is 479 g/mol. The molecule has 0 saturated carbocycles. The number of piperazine rings is 1. The molecule has 188 valence electrons. The average molecular weight is 480 g/mol. The largest absolute Gasteiger partial charge is 0.342 e. The summed E-state index contributed by atoms with van der Waals surface area (Å²) in [6.45, 7) is 6.72. The van der Waals surface area contributed by atoms with E-state index < -0.39 is 11.6 Å². The number of halogens is 1. The number of rotatable bonds is 9. The van der Waals surface area contributed by atoms with Gasteiger partial charge in [0.2, 0.25) is 11.8 Å². The number of nitrogens with zero attached hydrogens (tertiary/aromatic N) is 2. The smallest absolute Gasteiger partial charge is 0.246 e. The molecule has 1 N–H and O–H groups in total.